The first kappa shape index (κ1) is 21.4. The molecule has 4 aromatic rings. The van der Waals surface area contributed by atoms with Crippen LogP contribution < -0.4 is 15.8 Å². The first-order valence-corrected chi connectivity index (χ1v) is 10.6. The van der Waals surface area contributed by atoms with Crippen molar-refractivity contribution in [3.63, 3.8) is 0 Å². The molecule has 0 aliphatic carbocycles. The summed E-state index contributed by atoms with van der Waals surface area (Å²) in [5.41, 5.74) is 8.93. The number of benzene rings is 2. The molecule has 4 atom stereocenters. The van der Waals surface area contributed by atoms with Crippen LogP contribution in [0.25, 0.3) is 22.2 Å². The molecular formula is C24H25N5O4. The number of nitrogens with one attached hydrogen (secondary N) is 1. The van der Waals surface area contributed by atoms with Crippen LogP contribution >= 0.6 is 0 Å². The Morgan fingerprint density at radius 3 is 2.48 bits per heavy atom. The number of aliphatic hydroxyl groups excluding tert-OH is 2. The molecule has 33 heavy (non-hydrogen) atoms. The lowest BCUT2D eigenvalue weighted by molar-refractivity contribution is -0.0318. The van der Waals surface area contributed by atoms with Gasteiger partial charge < -0.3 is 35.3 Å². The zero-order chi connectivity index (χ0) is 22.9. The number of anilines is 2. The lowest BCUT2D eigenvalue weighted by atomic mass is 10.1. The zero-order valence-corrected chi connectivity index (χ0v) is 18.0. The zero-order valence-electron chi connectivity index (χ0n) is 18.0. The first-order chi connectivity index (χ1) is 16.1. The molecule has 1 fully saturated rings. The van der Waals surface area contributed by atoms with E-state index in [0.717, 1.165) is 28.0 Å². The topological polar surface area (TPSA) is 128 Å². The second-order valence-corrected chi connectivity index (χ2v) is 7.87. The maximum atomic E-state index is 10.7. The van der Waals surface area contributed by atoms with Crippen molar-refractivity contribution in [1.29, 1.82) is 0 Å². The predicted molar refractivity (Wildman–Crippen MR) is 124 cm³/mol. The van der Waals surface area contributed by atoms with Gasteiger partial charge in [0.05, 0.1) is 12.5 Å². The van der Waals surface area contributed by atoms with Crippen molar-refractivity contribution in [1.82, 2.24) is 14.5 Å². The third-order valence-corrected chi connectivity index (χ3v) is 5.89. The number of nitrogens with two attached hydrogens (primary N) is 1. The van der Waals surface area contributed by atoms with Crippen LogP contribution in [0.3, 0.4) is 0 Å². The van der Waals surface area contributed by atoms with E-state index in [4.69, 9.17) is 15.2 Å². The van der Waals surface area contributed by atoms with Crippen molar-refractivity contribution in [3.05, 3.63) is 67.1 Å². The van der Waals surface area contributed by atoms with E-state index in [1.165, 1.54) is 6.33 Å². The van der Waals surface area contributed by atoms with E-state index in [1.54, 1.807) is 11.7 Å². The monoisotopic (exact) mass is 447 g/mol. The summed E-state index contributed by atoms with van der Waals surface area (Å²) < 4.78 is 12.9. The number of ether oxygens (including phenoxy) is 2. The molecule has 0 saturated carbocycles. The van der Waals surface area contributed by atoms with Crippen molar-refractivity contribution >= 4 is 22.5 Å². The van der Waals surface area contributed by atoms with Gasteiger partial charge in [-0.1, -0.05) is 30.3 Å². The minimum atomic E-state index is -1.15. The van der Waals surface area contributed by atoms with Crippen molar-refractivity contribution in [2.75, 3.05) is 19.0 Å². The van der Waals surface area contributed by atoms with E-state index in [1.807, 2.05) is 60.8 Å². The fourth-order valence-corrected chi connectivity index (χ4v) is 4.18. The summed E-state index contributed by atoms with van der Waals surface area (Å²) in [6.45, 7) is 0.0960. The molecule has 2 aromatic carbocycles. The largest absolute Gasteiger partial charge is 0.497 e. The molecule has 0 amide bonds. The van der Waals surface area contributed by atoms with Gasteiger partial charge in [-0.2, -0.15) is 0 Å². The van der Waals surface area contributed by atoms with Gasteiger partial charge in [0.1, 0.15) is 41.9 Å². The van der Waals surface area contributed by atoms with E-state index < -0.39 is 24.5 Å². The minimum absolute atomic E-state index is 0.0960. The Labute approximate surface area is 190 Å². The molecule has 5 N–H and O–H groups in total. The summed E-state index contributed by atoms with van der Waals surface area (Å²) in [5.74, 6) is 1.36. The van der Waals surface area contributed by atoms with Crippen molar-refractivity contribution in [3.8, 4) is 16.9 Å². The molecule has 9 heteroatoms. The van der Waals surface area contributed by atoms with Crippen molar-refractivity contribution in [2.45, 2.75) is 24.5 Å². The Balaban J connectivity index is 1.65. The van der Waals surface area contributed by atoms with E-state index >= 15 is 0 Å². The van der Waals surface area contributed by atoms with Crippen molar-refractivity contribution < 1.29 is 19.7 Å². The van der Waals surface area contributed by atoms with Crippen LogP contribution in [-0.4, -0.2) is 56.7 Å². The molecule has 1 aliphatic rings. The van der Waals surface area contributed by atoms with Crippen LogP contribution in [0.2, 0.25) is 0 Å². The van der Waals surface area contributed by atoms with Gasteiger partial charge >= 0.3 is 0 Å². The summed E-state index contributed by atoms with van der Waals surface area (Å²) in [6.07, 6.45) is -0.411. The van der Waals surface area contributed by atoms with Gasteiger partial charge in [-0.05, 0) is 29.8 Å². The number of hydrogen-bond donors (Lipinski definition) is 4. The van der Waals surface area contributed by atoms with Crippen LogP contribution in [0.5, 0.6) is 5.75 Å². The third-order valence-electron chi connectivity index (χ3n) is 5.89. The van der Waals surface area contributed by atoms with Gasteiger partial charge in [0, 0.05) is 24.0 Å². The first-order valence-electron chi connectivity index (χ1n) is 10.6. The van der Waals surface area contributed by atoms with Crippen LogP contribution in [0.4, 0.5) is 11.5 Å². The molecule has 1 saturated heterocycles. The number of aliphatic hydroxyl groups is 2. The molecule has 170 valence electrons. The Hall–Kier alpha value is -3.50. The van der Waals surface area contributed by atoms with Gasteiger partial charge in [0.15, 0.2) is 6.23 Å². The molecule has 3 heterocycles. The summed E-state index contributed by atoms with van der Waals surface area (Å²) >= 11 is 0. The van der Waals surface area contributed by atoms with Crippen LogP contribution in [0.15, 0.2) is 67.1 Å². The molecule has 0 unspecified atom stereocenters. The van der Waals surface area contributed by atoms with Gasteiger partial charge in [0.25, 0.3) is 0 Å². The lowest BCUT2D eigenvalue weighted by Crippen LogP contribution is -2.35. The van der Waals surface area contributed by atoms with E-state index in [-0.39, 0.29) is 6.54 Å². The van der Waals surface area contributed by atoms with Gasteiger partial charge in [-0.25, -0.2) is 9.97 Å². The molecule has 1 aliphatic heterocycles. The summed E-state index contributed by atoms with van der Waals surface area (Å²) in [4.78, 5) is 9.00. The van der Waals surface area contributed by atoms with Gasteiger partial charge in [-0.15, -0.1) is 0 Å². The minimum Gasteiger partial charge on any atom is -0.497 e. The number of rotatable bonds is 6. The Bertz CT molecular complexity index is 1250. The molecule has 5 rings (SSSR count). The highest BCUT2D eigenvalue weighted by Gasteiger charge is 2.43. The highest BCUT2D eigenvalue weighted by Crippen LogP contribution is 2.39. The smallest absolute Gasteiger partial charge is 0.164 e. The Kier molecular flexibility index (Phi) is 5.69. The average Bonchev–Trinajstić information content (AvgIpc) is 3.38. The molecular weight excluding hydrogens is 422 g/mol. The standard InChI is InChI=1S/C24H25N5O4/c1-32-16-9-7-15(8-10-16)28-22-19-17(14-5-3-2-4-6-14)12-29(23(19)27-13-26-22)24-21(31)20(30)18(11-25)33-24/h2-10,12-13,18,20-21,24,30-31H,11,25H2,1H3,(H,26,27,28)/t18-,20+,21+,24-/m1/s1. The van der Waals surface area contributed by atoms with Gasteiger partial charge in [0.2, 0.25) is 0 Å². The number of aromatic nitrogens is 3. The SMILES string of the molecule is COc1ccc(Nc2ncnc3c2c(-c2ccccc2)cn3[C@@H]2O[C@H](CN)[C@H](O)[C@@H]2O)cc1. The van der Waals surface area contributed by atoms with Crippen LogP contribution in [0.1, 0.15) is 6.23 Å². The van der Waals surface area contributed by atoms with E-state index in [9.17, 15) is 10.2 Å². The highest BCUT2D eigenvalue weighted by atomic mass is 16.6. The number of hydrogen-bond acceptors (Lipinski definition) is 8. The molecule has 2 aromatic heterocycles. The van der Waals surface area contributed by atoms with E-state index in [0.29, 0.717) is 11.5 Å². The number of nitrogens with zero attached hydrogens (tertiary/aromatic N) is 3. The number of methoxy groups -OCH3 is 1. The Morgan fingerprint density at radius 2 is 1.82 bits per heavy atom. The maximum Gasteiger partial charge on any atom is 0.164 e. The fourth-order valence-electron chi connectivity index (χ4n) is 4.18. The molecule has 0 radical (unpaired) electrons. The third kappa shape index (κ3) is 3.81. The molecule has 9 nitrogen and oxygen atoms in total. The molecule has 0 bridgehead atoms. The predicted octanol–water partition coefficient (Wildman–Crippen LogP) is 2.43. The molecule has 0 spiro atoms. The quantitative estimate of drug-likeness (QED) is 0.355. The number of fused-ring (bicyclic) bond motifs is 1. The second kappa shape index (κ2) is 8.80. The average molecular weight is 447 g/mol. The van der Waals surface area contributed by atoms with Gasteiger partial charge in [-0.3, -0.25) is 0 Å². The van der Waals surface area contributed by atoms with Crippen LogP contribution in [0, 0.1) is 0 Å². The normalized spacial score (nSPS) is 22.5. The van der Waals surface area contributed by atoms with Crippen molar-refractivity contribution in [2.24, 2.45) is 5.73 Å². The summed E-state index contributed by atoms with van der Waals surface area (Å²) in [5, 5.41) is 25.2. The van der Waals surface area contributed by atoms with E-state index in [2.05, 4.69) is 15.3 Å². The maximum absolute atomic E-state index is 10.7. The summed E-state index contributed by atoms with van der Waals surface area (Å²) in [6, 6.07) is 17.4. The van der Waals surface area contributed by atoms with Crippen LogP contribution in [-0.2, 0) is 4.74 Å². The second-order valence-electron chi connectivity index (χ2n) is 7.87. The fraction of sp³-hybridized carbons (Fsp3) is 0.250. The Morgan fingerprint density at radius 1 is 1.06 bits per heavy atom. The highest BCUT2D eigenvalue weighted by molar-refractivity contribution is 6.02. The summed E-state index contributed by atoms with van der Waals surface area (Å²) in [7, 11) is 1.62. The lowest BCUT2D eigenvalue weighted by Gasteiger charge is -2.17.